The number of amides is 2. The van der Waals surface area contributed by atoms with E-state index in [4.69, 9.17) is 9.47 Å². The second-order valence-electron chi connectivity index (χ2n) is 10.5. The first kappa shape index (κ1) is 24.9. The molecule has 0 atom stereocenters. The maximum absolute atomic E-state index is 13.2. The van der Waals surface area contributed by atoms with Crippen molar-refractivity contribution in [3.05, 3.63) is 71.3 Å². The van der Waals surface area contributed by atoms with E-state index in [1.54, 1.807) is 6.07 Å². The van der Waals surface area contributed by atoms with Gasteiger partial charge in [-0.25, -0.2) is 9.59 Å². The Morgan fingerprint density at radius 2 is 1.60 bits per heavy atom. The minimum Gasteiger partial charge on any atom is -0.445 e. The summed E-state index contributed by atoms with van der Waals surface area (Å²) in [4.78, 5) is 26.9. The van der Waals surface area contributed by atoms with E-state index < -0.39 is 40.6 Å². The number of hydrogen-bond acceptors (Lipinski definition) is 4. The molecule has 0 aromatic heterocycles. The van der Waals surface area contributed by atoms with Crippen LogP contribution in [0.1, 0.15) is 56.7 Å². The summed E-state index contributed by atoms with van der Waals surface area (Å²) >= 11 is 0. The normalized spacial score (nSPS) is 22.9. The third-order valence-electron chi connectivity index (χ3n) is 6.33. The molecule has 9 heteroatoms. The molecule has 0 unspecified atom stereocenters. The molecule has 0 saturated heterocycles. The van der Waals surface area contributed by atoms with Crippen LogP contribution in [0.25, 0.3) is 0 Å². The lowest BCUT2D eigenvalue weighted by Gasteiger charge is -2.71. The van der Waals surface area contributed by atoms with Gasteiger partial charge in [-0.15, -0.1) is 0 Å². The third kappa shape index (κ3) is 5.55. The van der Waals surface area contributed by atoms with Crippen LogP contribution in [-0.4, -0.2) is 33.8 Å². The number of nitrogens with one attached hydrogen (secondary N) is 1. The van der Waals surface area contributed by atoms with Crippen molar-refractivity contribution in [2.75, 3.05) is 0 Å². The molecule has 2 amide bonds. The first-order chi connectivity index (χ1) is 16.3. The molecule has 2 bridgehead atoms. The fraction of sp³-hybridized carbons (Fsp3) is 0.462. The minimum absolute atomic E-state index is 0.0399. The monoisotopic (exact) mass is 490 g/mol. The Labute approximate surface area is 202 Å². The van der Waals surface area contributed by atoms with Crippen LogP contribution in [0, 0.1) is 0 Å². The summed E-state index contributed by atoms with van der Waals surface area (Å²) in [6.07, 6.45) is -4.38. The van der Waals surface area contributed by atoms with E-state index in [1.165, 1.54) is 11.0 Å². The molecule has 0 spiro atoms. The maximum Gasteiger partial charge on any atom is 0.416 e. The number of benzene rings is 2. The molecule has 0 heterocycles. The van der Waals surface area contributed by atoms with Crippen molar-refractivity contribution in [2.45, 2.75) is 76.0 Å². The number of ether oxygens (including phenoxy) is 2. The Hall–Kier alpha value is -3.23. The quantitative estimate of drug-likeness (QED) is 0.536. The summed E-state index contributed by atoms with van der Waals surface area (Å²) in [6, 6.07) is 14.1. The SMILES string of the molecule is CC(C)(C)NC(=O)OC12CC(N(Cc3cccc(C(F)(F)F)c3)C(=O)OCc3ccccc3)(C1)C2. The second kappa shape index (κ2) is 8.77. The van der Waals surface area contributed by atoms with E-state index >= 15 is 0 Å². The van der Waals surface area contributed by atoms with E-state index in [2.05, 4.69) is 5.32 Å². The number of alkyl halides is 3. The number of carbonyl (C=O) groups is 2. The van der Waals surface area contributed by atoms with Gasteiger partial charge in [-0.1, -0.05) is 42.5 Å². The van der Waals surface area contributed by atoms with E-state index in [0.717, 1.165) is 17.7 Å². The van der Waals surface area contributed by atoms with Crippen LogP contribution in [0.5, 0.6) is 0 Å². The summed E-state index contributed by atoms with van der Waals surface area (Å²) in [6.45, 7) is 5.54. The molecule has 3 aliphatic carbocycles. The van der Waals surface area contributed by atoms with E-state index in [1.807, 2.05) is 51.1 Å². The number of alkyl carbamates (subject to hydrolysis) is 1. The van der Waals surface area contributed by atoms with Crippen molar-refractivity contribution < 1.29 is 32.2 Å². The zero-order valence-electron chi connectivity index (χ0n) is 19.9. The van der Waals surface area contributed by atoms with Gasteiger partial charge in [-0.2, -0.15) is 13.2 Å². The van der Waals surface area contributed by atoms with Gasteiger partial charge in [-0.05, 0) is 44.0 Å². The highest BCUT2D eigenvalue weighted by Gasteiger charge is 2.74. The average molecular weight is 491 g/mol. The van der Waals surface area contributed by atoms with Crippen LogP contribution < -0.4 is 5.32 Å². The fourth-order valence-electron chi connectivity index (χ4n) is 4.82. The van der Waals surface area contributed by atoms with Crippen LogP contribution in [0.3, 0.4) is 0 Å². The zero-order valence-corrected chi connectivity index (χ0v) is 19.9. The van der Waals surface area contributed by atoms with Gasteiger partial charge in [0.2, 0.25) is 0 Å². The van der Waals surface area contributed by atoms with Gasteiger partial charge in [0.25, 0.3) is 0 Å². The largest absolute Gasteiger partial charge is 0.445 e. The third-order valence-corrected chi connectivity index (χ3v) is 6.33. The van der Waals surface area contributed by atoms with Crippen LogP contribution >= 0.6 is 0 Å². The van der Waals surface area contributed by atoms with Gasteiger partial charge >= 0.3 is 18.4 Å². The molecular weight excluding hydrogens is 461 g/mol. The van der Waals surface area contributed by atoms with E-state index in [9.17, 15) is 22.8 Å². The topological polar surface area (TPSA) is 67.9 Å². The lowest BCUT2D eigenvalue weighted by molar-refractivity contribution is -0.258. The van der Waals surface area contributed by atoms with Gasteiger partial charge < -0.3 is 14.8 Å². The molecule has 5 rings (SSSR count). The van der Waals surface area contributed by atoms with Crippen molar-refractivity contribution in [2.24, 2.45) is 0 Å². The van der Waals surface area contributed by atoms with Crippen LogP contribution in [0.4, 0.5) is 22.8 Å². The molecule has 2 aromatic carbocycles. The molecular formula is C26H29F3N2O4. The number of hydrogen-bond donors (Lipinski definition) is 1. The van der Waals surface area contributed by atoms with Crippen molar-refractivity contribution in [3.8, 4) is 0 Å². The van der Waals surface area contributed by atoms with Gasteiger partial charge in [0.1, 0.15) is 12.2 Å². The molecule has 3 fully saturated rings. The highest BCUT2D eigenvalue weighted by molar-refractivity contribution is 5.72. The van der Waals surface area contributed by atoms with Gasteiger partial charge in [0, 0.05) is 31.3 Å². The number of nitrogens with zero attached hydrogens (tertiary/aromatic N) is 1. The lowest BCUT2D eigenvalue weighted by Crippen LogP contribution is -2.80. The first-order valence-electron chi connectivity index (χ1n) is 11.5. The molecule has 3 aliphatic rings. The molecule has 3 saturated carbocycles. The standard InChI is InChI=1S/C26H29F3N2O4/c1-23(2,3)30-21(32)35-25-15-24(16-25,17-25)31(22(33)34-14-18-8-5-4-6-9-18)13-19-10-7-11-20(12-19)26(27,28)29/h4-12H,13-17H2,1-3H3,(H,30,32). The summed E-state index contributed by atoms with van der Waals surface area (Å²) in [5.41, 5.74) is -1.36. The van der Waals surface area contributed by atoms with Crippen molar-refractivity contribution >= 4 is 12.2 Å². The number of rotatable bonds is 6. The Bertz CT molecular complexity index is 1080. The Morgan fingerprint density at radius 3 is 2.20 bits per heavy atom. The Kier molecular flexibility index (Phi) is 6.23. The van der Waals surface area contributed by atoms with Crippen LogP contribution in [0.2, 0.25) is 0 Å². The molecule has 0 radical (unpaired) electrons. The number of carbonyl (C=O) groups excluding carboxylic acids is 2. The second-order valence-corrected chi connectivity index (χ2v) is 10.5. The molecule has 2 aromatic rings. The van der Waals surface area contributed by atoms with Gasteiger partial charge in [0.15, 0.2) is 0 Å². The molecule has 6 nitrogen and oxygen atoms in total. The van der Waals surface area contributed by atoms with Gasteiger partial charge in [0.05, 0.1) is 11.1 Å². The lowest BCUT2D eigenvalue weighted by atomic mass is 9.45. The van der Waals surface area contributed by atoms with Gasteiger partial charge in [-0.3, -0.25) is 4.90 Å². The Morgan fingerprint density at radius 1 is 0.971 bits per heavy atom. The molecule has 1 N–H and O–H groups in total. The average Bonchev–Trinajstić information content (AvgIpc) is 2.71. The molecule has 0 aliphatic heterocycles. The maximum atomic E-state index is 13.2. The van der Waals surface area contributed by atoms with Crippen LogP contribution in [0.15, 0.2) is 54.6 Å². The van der Waals surface area contributed by atoms with Crippen LogP contribution in [-0.2, 0) is 28.8 Å². The summed E-state index contributed by atoms with van der Waals surface area (Å²) in [7, 11) is 0. The molecule has 188 valence electrons. The molecule has 35 heavy (non-hydrogen) atoms. The van der Waals surface area contributed by atoms with Crippen molar-refractivity contribution in [1.82, 2.24) is 10.2 Å². The highest BCUT2D eigenvalue weighted by Crippen LogP contribution is 2.66. The van der Waals surface area contributed by atoms with E-state index in [-0.39, 0.29) is 13.2 Å². The summed E-state index contributed by atoms with van der Waals surface area (Å²) < 4.78 is 50.8. The Balaban J connectivity index is 1.48. The predicted octanol–water partition coefficient (Wildman–Crippen LogP) is 6.04. The first-order valence-corrected chi connectivity index (χ1v) is 11.5. The highest BCUT2D eigenvalue weighted by atomic mass is 19.4. The number of halogens is 3. The van der Waals surface area contributed by atoms with Crippen molar-refractivity contribution in [1.29, 1.82) is 0 Å². The fourth-order valence-corrected chi connectivity index (χ4v) is 4.82. The van der Waals surface area contributed by atoms with E-state index in [0.29, 0.717) is 24.8 Å². The minimum atomic E-state index is -4.48. The van der Waals surface area contributed by atoms with Crippen molar-refractivity contribution in [3.63, 3.8) is 0 Å². The zero-order chi connectivity index (χ0) is 25.5. The summed E-state index contributed by atoms with van der Waals surface area (Å²) in [5.74, 6) is 0. The smallest absolute Gasteiger partial charge is 0.416 e. The predicted molar refractivity (Wildman–Crippen MR) is 122 cm³/mol. The summed E-state index contributed by atoms with van der Waals surface area (Å²) in [5, 5.41) is 2.76.